The number of carbonyl (C=O) groups excluding carboxylic acids is 1. The van der Waals surface area contributed by atoms with E-state index < -0.39 is 0 Å². The number of anilines is 2. The maximum absolute atomic E-state index is 12.7. The summed E-state index contributed by atoms with van der Waals surface area (Å²) in [6, 6.07) is 8.79. The van der Waals surface area contributed by atoms with Crippen molar-refractivity contribution in [3.8, 4) is 5.75 Å². The zero-order valence-corrected chi connectivity index (χ0v) is 13.3. The van der Waals surface area contributed by atoms with Gasteiger partial charge in [-0.2, -0.15) is 0 Å². The van der Waals surface area contributed by atoms with E-state index in [0.717, 1.165) is 5.75 Å². The molecule has 0 saturated carbocycles. The smallest absolute Gasteiger partial charge is 0.259 e. The molecule has 2 aromatic rings. The SMILES string of the molecule is CCN(C(=O)c1ccc(OC)cc1)c1cc(NC)nc(C)n1. The van der Waals surface area contributed by atoms with Crippen LogP contribution in [0.2, 0.25) is 0 Å². The lowest BCUT2D eigenvalue weighted by Gasteiger charge is -2.21. The van der Waals surface area contributed by atoms with Crippen LogP contribution < -0.4 is 15.0 Å². The van der Waals surface area contributed by atoms with Crippen molar-refractivity contribution in [3.05, 3.63) is 41.7 Å². The van der Waals surface area contributed by atoms with Crippen LogP contribution in [-0.4, -0.2) is 36.6 Å². The zero-order chi connectivity index (χ0) is 16.1. The van der Waals surface area contributed by atoms with E-state index >= 15 is 0 Å². The van der Waals surface area contributed by atoms with Gasteiger partial charge in [-0.1, -0.05) is 0 Å². The van der Waals surface area contributed by atoms with Crippen molar-refractivity contribution >= 4 is 17.5 Å². The Kier molecular flexibility index (Phi) is 4.93. The Balaban J connectivity index is 2.34. The van der Waals surface area contributed by atoms with E-state index in [1.165, 1.54) is 0 Å². The number of aromatic nitrogens is 2. The molecular formula is C16H20N4O2. The first-order chi connectivity index (χ1) is 10.6. The summed E-state index contributed by atoms with van der Waals surface area (Å²) >= 11 is 0. The van der Waals surface area contributed by atoms with E-state index in [1.807, 2.05) is 6.92 Å². The van der Waals surface area contributed by atoms with E-state index in [0.29, 0.717) is 29.6 Å². The topological polar surface area (TPSA) is 67.3 Å². The second-order valence-electron chi connectivity index (χ2n) is 4.69. The van der Waals surface area contributed by atoms with Gasteiger partial charge in [0, 0.05) is 25.2 Å². The number of ether oxygens (including phenoxy) is 1. The van der Waals surface area contributed by atoms with Crippen LogP contribution in [-0.2, 0) is 0 Å². The van der Waals surface area contributed by atoms with Gasteiger partial charge in [-0.25, -0.2) is 9.97 Å². The number of nitrogens with zero attached hydrogens (tertiary/aromatic N) is 3. The van der Waals surface area contributed by atoms with Crippen molar-refractivity contribution < 1.29 is 9.53 Å². The van der Waals surface area contributed by atoms with Crippen LogP contribution in [0.1, 0.15) is 23.1 Å². The van der Waals surface area contributed by atoms with Crippen molar-refractivity contribution in [2.24, 2.45) is 0 Å². The zero-order valence-electron chi connectivity index (χ0n) is 13.3. The van der Waals surface area contributed by atoms with Gasteiger partial charge < -0.3 is 10.1 Å². The van der Waals surface area contributed by atoms with Crippen molar-refractivity contribution in [1.29, 1.82) is 0 Å². The van der Waals surface area contributed by atoms with Gasteiger partial charge in [0.15, 0.2) is 0 Å². The highest BCUT2D eigenvalue weighted by Gasteiger charge is 2.18. The molecule has 6 heteroatoms. The molecule has 1 N–H and O–H groups in total. The third-order valence-corrected chi connectivity index (χ3v) is 3.26. The monoisotopic (exact) mass is 300 g/mol. The molecule has 0 atom stereocenters. The summed E-state index contributed by atoms with van der Waals surface area (Å²) in [5.74, 6) is 2.49. The molecule has 0 unspecified atom stereocenters. The van der Waals surface area contributed by atoms with Gasteiger partial charge in [0.2, 0.25) is 0 Å². The number of hydrogen-bond donors (Lipinski definition) is 1. The fourth-order valence-corrected chi connectivity index (χ4v) is 2.12. The minimum Gasteiger partial charge on any atom is -0.497 e. The number of hydrogen-bond acceptors (Lipinski definition) is 5. The lowest BCUT2D eigenvalue weighted by Crippen LogP contribution is -2.31. The Morgan fingerprint density at radius 2 is 1.95 bits per heavy atom. The highest BCUT2D eigenvalue weighted by Crippen LogP contribution is 2.19. The summed E-state index contributed by atoms with van der Waals surface area (Å²) in [4.78, 5) is 22.9. The minimum atomic E-state index is -0.106. The predicted molar refractivity (Wildman–Crippen MR) is 86.7 cm³/mol. The van der Waals surface area contributed by atoms with Gasteiger partial charge in [0.1, 0.15) is 23.2 Å². The Labute approximate surface area is 130 Å². The number of benzene rings is 1. The van der Waals surface area contributed by atoms with Gasteiger partial charge in [0.05, 0.1) is 7.11 Å². The van der Waals surface area contributed by atoms with Crippen molar-refractivity contribution in [2.75, 3.05) is 30.9 Å². The Morgan fingerprint density at radius 1 is 1.27 bits per heavy atom. The van der Waals surface area contributed by atoms with Crippen molar-refractivity contribution in [1.82, 2.24) is 9.97 Å². The van der Waals surface area contributed by atoms with E-state index in [2.05, 4.69) is 15.3 Å². The van der Waals surface area contributed by atoms with Gasteiger partial charge >= 0.3 is 0 Å². The number of nitrogens with one attached hydrogen (secondary N) is 1. The third kappa shape index (κ3) is 3.33. The molecule has 0 radical (unpaired) electrons. The number of amides is 1. The lowest BCUT2D eigenvalue weighted by molar-refractivity contribution is 0.0987. The van der Waals surface area contributed by atoms with Crippen LogP contribution in [0.3, 0.4) is 0 Å². The summed E-state index contributed by atoms with van der Waals surface area (Å²) in [5.41, 5.74) is 0.588. The Bertz CT molecular complexity index is 656. The number of methoxy groups -OCH3 is 1. The first kappa shape index (κ1) is 15.8. The van der Waals surface area contributed by atoms with Crippen molar-refractivity contribution in [2.45, 2.75) is 13.8 Å². The fourth-order valence-electron chi connectivity index (χ4n) is 2.12. The number of rotatable bonds is 5. The molecule has 1 amide bonds. The Morgan fingerprint density at radius 3 is 2.50 bits per heavy atom. The van der Waals surface area contributed by atoms with Crippen LogP contribution in [0, 0.1) is 6.92 Å². The summed E-state index contributed by atoms with van der Waals surface area (Å²) in [7, 11) is 3.38. The minimum absolute atomic E-state index is 0.106. The average molecular weight is 300 g/mol. The first-order valence-corrected chi connectivity index (χ1v) is 7.08. The highest BCUT2D eigenvalue weighted by molar-refractivity contribution is 6.05. The van der Waals surface area contributed by atoms with Crippen LogP contribution in [0.15, 0.2) is 30.3 Å². The molecule has 2 rings (SSSR count). The average Bonchev–Trinajstić information content (AvgIpc) is 2.55. The predicted octanol–water partition coefficient (Wildman–Crippen LogP) is 2.50. The molecule has 0 fully saturated rings. The second-order valence-corrected chi connectivity index (χ2v) is 4.69. The summed E-state index contributed by atoms with van der Waals surface area (Å²) in [6.07, 6.45) is 0. The quantitative estimate of drug-likeness (QED) is 0.919. The first-order valence-electron chi connectivity index (χ1n) is 7.08. The van der Waals surface area contributed by atoms with Crippen molar-refractivity contribution in [3.63, 3.8) is 0 Å². The van der Waals surface area contributed by atoms with Gasteiger partial charge in [-0.3, -0.25) is 9.69 Å². The lowest BCUT2D eigenvalue weighted by atomic mass is 10.2. The normalized spacial score (nSPS) is 10.2. The summed E-state index contributed by atoms with van der Waals surface area (Å²) in [5, 5.41) is 2.98. The third-order valence-electron chi connectivity index (χ3n) is 3.26. The standard InChI is InChI=1S/C16H20N4O2/c1-5-20(15-10-14(17-3)18-11(2)19-15)16(21)12-6-8-13(22-4)9-7-12/h6-10H,5H2,1-4H3,(H,17,18,19). The van der Waals surface area contributed by atoms with E-state index in [9.17, 15) is 4.79 Å². The molecule has 1 heterocycles. The molecule has 0 spiro atoms. The van der Waals surface area contributed by atoms with Crippen LogP contribution >= 0.6 is 0 Å². The molecule has 1 aromatic heterocycles. The molecule has 0 aliphatic carbocycles. The largest absolute Gasteiger partial charge is 0.497 e. The molecule has 22 heavy (non-hydrogen) atoms. The molecule has 6 nitrogen and oxygen atoms in total. The summed E-state index contributed by atoms with van der Waals surface area (Å²) < 4.78 is 5.11. The molecule has 0 aliphatic heterocycles. The summed E-state index contributed by atoms with van der Waals surface area (Å²) in [6.45, 7) is 4.23. The van der Waals surface area contributed by atoms with Crippen LogP contribution in [0.25, 0.3) is 0 Å². The maximum Gasteiger partial charge on any atom is 0.259 e. The maximum atomic E-state index is 12.7. The molecular weight excluding hydrogens is 280 g/mol. The molecule has 0 saturated heterocycles. The van der Waals surface area contributed by atoms with Gasteiger partial charge in [0.25, 0.3) is 5.91 Å². The second kappa shape index (κ2) is 6.89. The number of carbonyl (C=O) groups is 1. The number of aryl methyl sites for hydroxylation is 1. The van der Waals surface area contributed by atoms with E-state index in [4.69, 9.17) is 4.74 Å². The molecule has 116 valence electrons. The molecule has 0 bridgehead atoms. The van der Waals surface area contributed by atoms with Crippen LogP contribution in [0.5, 0.6) is 5.75 Å². The fraction of sp³-hybridized carbons (Fsp3) is 0.312. The van der Waals surface area contributed by atoms with Gasteiger partial charge in [-0.05, 0) is 38.1 Å². The highest BCUT2D eigenvalue weighted by atomic mass is 16.5. The molecule has 0 aliphatic rings. The van der Waals surface area contributed by atoms with E-state index in [-0.39, 0.29) is 5.91 Å². The van der Waals surface area contributed by atoms with E-state index in [1.54, 1.807) is 56.3 Å². The van der Waals surface area contributed by atoms with Gasteiger partial charge in [-0.15, -0.1) is 0 Å². The molecule has 1 aromatic carbocycles. The van der Waals surface area contributed by atoms with Crippen LogP contribution in [0.4, 0.5) is 11.6 Å². The Hall–Kier alpha value is -2.63.